The molecule has 1 aromatic rings. The highest BCUT2D eigenvalue weighted by atomic mass is 32.2. The van der Waals surface area contributed by atoms with Crippen molar-refractivity contribution in [2.24, 2.45) is 0 Å². The van der Waals surface area contributed by atoms with E-state index < -0.39 is 10.0 Å². The number of rotatable bonds is 4. The molecule has 0 fully saturated rings. The van der Waals surface area contributed by atoms with Crippen molar-refractivity contribution in [1.29, 1.82) is 0 Å². The van der Waals surface area contributed by atoms with E-state index in [-0.39, 0.29) is 11.6 Å². The standard InChI is InChI=1S/C9H12FNO2S/c1-2-11-14(12,13)7-8-3-5-9(10)6-4-8/h3-6,11H,2,7H2,1H3. The van der Waals surface area contributed by atoms with Gasteiger partial charge >= 0.3 is 0 Å². The molecular formula is C9H12FNO2S. The fourth-order valence-electron chi connectivity index (χ4n) is 1.07. The van der Waals surface area contributed by atoms with Gasteiger partial charge in [-0.1, -0.05) is 19.1 Å². The zero-order chi connectivity index (χ0) is 10.6. The molecule has 0 aliphatic heterocycles. The van der Waals surface area contributed by atoms with E-state index in [1.165, 1.54) is 24.3 Å². The monoisotopic (exact) mass is 217 g/mol. The molecule has 0 unspecified atom stereocenters. The number of sulfonamides is 1. The lowest BCUT2D eigenvalue weighted by molar-refractivity contribution is 0.582. The number of nitrogens with one attached hydrogen (secondary N) is 1. The van der Waals surface area contributed by atoms with Crippen LogP contribution in [0.25, 0.3) is 0 Å². The Morgan fingerprint density at radius 1 is 1.29 bits per heavy atom. The summed E-state index contributed by atoms with van der Waals surface area (Å²) in [6.45, 7) is 2.08. The van der Waals surface area contributed by atoms with E-state index in [9.17, 15) is 12.8 Å². The van der Waals surface area contributed by atoms with E-state index in [1.54, 1.807) is 6.92 Å². The largest absolute Gasteiger partial charge is 0.215 e. The van der Waals surface area contributed by atoms with Gasteiger partial charge in [-0.05, 0) is 17.7 Å². The van der Waals surface area contributed by atoms with Gasteiger partial charge < -0.3 is 0 Å². The molecule has 5 heteroatoms. The van der Waals surface area contributed by atoms with Gasteiger partial charge in [-0.3, -0.25) is 0 Å². The van der Waals surface area contributed by atoms with Gasteiger partial charge in [-0.15, -0.1) is 0 Å². The first-order valence-electron chi connectivity index (χ1n) is 4.25. The van der Waals surface area contributed by atoms with E-state index in [0.717, 1.165) is 0 Å². The first kappa shape index (κ1) is 11.1. The molecule has 0 spiro atoms. The zero-order valence-corrected chi connectivity index (χ0v) is 8.64. The molecule has 3 nitrogen and oxygen atoms in total. The van der Waals surface area contributed by atoms with Crippen LogP contribution in [0.2, 0.25) is 0 Å². The second kappa shape index (κ2) is 4.52. The van der Waals surface area contributed by atoms with Crippen LogP contribution in [0.5, 0.6) is 0 Å². The second-order valence-corrected chi connectivity index (χ2v) is 4.69. The molecule has 0 heterocycles. The highest BCUT2D eigenvalue weighted by Gasteiger charge is 2.09. The molecule has 0 radical (unpaired) electrons. The van der Waals surface area contributed by atoms with E-state index in [2.05, 4.69) is 4.72 Å². The fourth-order valence-corrected chi connectivity index (χ4v) is 2.24. The van der Waals surface area contributed by atoms with Crippen molar-refractivity contribution in [3.8, 4) is 0 Å². The highest BCUT2D eigenvalue weighted by molar-refractivity contribution is 7.88. The maximum atomic E-state index is 12.5. The van der Waals surface area contributed by atoms with Crippen LogP contribution >= 0.6 is 0 Å². The summed E-state index contributed by atoms with van der Waals surface area (Å²) in [4.78, 5) is 0. The third-order valence-electron chi connectivity index (χ3n) is 1.63. The molecule has 0 bridgehead atoms. The molecule has 0 amide bonds. The zero-order valence-electron chi connectivity index (χ0n) is 7.83. The van der Waals surface area contributed by atoms with Crippen LogP contribution in [-0.2, 0) is 15.8 Å². The molecule has 1 N–H and O–H groups in total. The van der Waals surface area contributed by atoms with Crippen LogP contribution in [0.1, 0.15) is 12.5 Å². The van der Waals surface area contributed by atoms with Crippen molar-refractivity contribution < 1.29 is 12.8 Å². The van der Waals surface area contributed by atoms with Crippen molar-refractivity contribution in [2.75, 3.05) is 6.54 Å². The minimum atomic E-state index is -3.27. The molecule has 0 saturated heterocycles. The first-order valence-corrected chi connectivity index (χ1v) is 5.90. The van der Waals surface area contributed by atoms with Gasteiger partial charge in [0.05, 0.1) is 5.75 Å². The van der Waals surface area contributed by atoms with Crippen LogP contribution in [0, 0.1) is 5.82 Å². The van der Waals surface area contributed by atoms with Gasteiger partial charge in [0.25, 0.3) is 0 Å². The number of halogens is 1. The predicted octanol–water partition coefficient (Wildman–Crippen LogP) is 1.26. The quantitative estimate of drug-likeness (QED) is 0.825. The van der Waals surface area contributed by atoms with Crippen molar-refractivity contribution in [3.63, 3.8) is 0 Å². The Hall–Kier alpha value is -0.940. The van der Waals surface area contributed by atoms with Gasteiger partial charge in [0.15, 0.2) is 0 Å². The van der Waals surface area contributed by atoms with E-state index >= 15 is 0 Å². The average Bonchev–Trinajstić information content (AvgIpc) is 2.08. The van der Waals surface area contributed by atoms with E-state index in [4.69, 9.17) is 0 Å². The first-order chi connectivity index (χ1) is 6.53. The molecule has 1 rings (SSSR count). The lowest BCUT2D eigenvalue weighted by Gasteiger charge is -2.03. The Bertz CT molecular complexity index is 386. The van der Waals surface area contributed by atoms with E-state index in [1.807, 2.05) is 0 Å². The summed E-state index contributed by atoms with van der Waals surface area (Å²) in [5, 5.41) is 0. The lowest BCUT2D eigenvalue weighted by atomic mass is 10.2. The maximum Gasteiger partial charge on any atom is 0.215 e. The van der Waals surface area contributed by atoms with Crippen LogP contribution in [0.3, 0.4) is 0 Å². The second-order valence-electron chi connectivity index (χ2n) is 2.88. The Kier molecular flexibility index (Phi) is 3.60. The molecule has 1 aromatic carbocycles. The Morgan fingerprint density at radius 3 is 2.36 bits per heavy atom. The number of hydrogen-bond acceptors (Lipinski definition) is 2. The molecular weight excluding hydrogens is 205 g/mol. The molecule has 0 atom stereocenters. The fraction of sp³-hybridized carbons (Fsp3) is 0.333. The SMILES string of the molecule is CCNS(=O)(=O)Cc1ccc(F)cc1. The normalized spacial score (nSPS) is 11.6. The summed E-state index contributed by atoms with van der Waals surface area (Å²) in [5.74, 6) is -0.476. The van der Waals surface area contributed by atoms with Gasteiger partial charge in [-0.2, -0.15) is 0 Å². The molecule has 0 aliphatic carbocycles. The van der Waals surface area contributed by atoms with E-state index in [0.29, 0.717) is 12.1 Å². The third-order valence-corrected chi connectivity index (χ3v) is 3.08. The number of hydrogen-bond donors (Lipinski definition) is 1. The summed E-state index contributed by atoms with van der Waals surface area (Å²) in [5.41, 5.74) is 0.576. The van der Waals surface area contributed by atoms with Gasteiger partial charge in [0.2, 0.25) is 10.0 Å². The number of benzene rings is 1. The van der Waals surface area contributed by atoms with Crippen LogP contribution in [0.4, 0.5) is 4.39 Å². The van der Waals surface area contributed by atoms with Gasteiger partial charge in [0.1, 0.15) is 5.82 Å². The summed E-state index contributed by atoms with van der Waals surface area (Å²) < 4.78 is 37.4. The topological polar surface area (TPSA) is 46.2 Å². The molecule has 0 aromatic heterocycles. The summed E-state index contributed by atoms with van der Waals surface area (Å²) in [7, 11) is -3.27. The van der Waals surface area contributed by atoms with Gasteiger partial charge in [-0.25, -0.2) is 17.5 Å². The van der Waals surface area contributed by atoms with Crippen molar-refractivity contribution in [2.45, 2.75) is 12.7 Å². The summed E-state index contributed by atoms with van der Waals surface area (Å²) >= 11 is 0. The molecule has 14 heavy (non-hydrogen) atoms. The highest BCUT2D eigenvalue weighted by Crippen LogP contribution is 2.06. The minimum absolute atomic E-state index is 0.110. The van der Waals surface area contributed by atoms with Crippen LogP contribution < -0.4 is 4.72 Å². The Labute approximate surface area is 83.0 Å². The smallest absolute Gasteiger partial charge is 0.215 e. The van der Waals surface area contributed by atoms with Crippen LogP contribution in [0.15, 0.2) is 24.3 Å². The third kappa shape index (κ3) is 3.43. The predicted molar refractivity (Wildman–Crippen MR) is 52.7 cm³/mol. The van der Waals surface area contributed by atoms with Crippen molar-refractivity contribution >= 4 is 10.0 Å². The summed E-state index contributed by atoms with van der Waals surface area (Å²) in [6, 6.07) is 5.42. The average molecular weight is 217 g/mol. The Balaban J connectivity index is 2.74. The molecule has 78 valence electrons. The van der Waals surface area contributed by atoms with Crippen LogP contribution in [-0.4, -0.2) is 15.0 Å². The van der Waals surface area contributed by atoms with Crippen molar-refractivity contribution in [1.82, 2.24) is 4.72 Å². The lowest BCUT2D eigenvalue weighted by Crippen LogP contribution is -2.24. The maximum absolute atomic E-state index is 12.5. The Morgan fingerprint density at radius 2 is 1.86 bits per heavy atom. The van der Waals surface area contributed by atoms with Gasteiger partial charge in [0, 0.05) is 6.54 Å². The minimum Gasteiger partial charge on any atom is -0.215 e. The molecule has 0 saturated carbocycles. The summed E-state index contributed by atoms with van der Waals surface area (Å²) in [6.07, 6.45) is 0. The van der Waals surface area contributed by atoms with Crippen molar-refractivity contribution in [3.05, 3.63) is 35.6 Å². The molecule has 0 aliphatic rings.